The van der Waals surface area contributed by atoms with Gasteiger partial charge < -0.3 is 10.1 Å². The molecule has 2 aromatic rings. The van der Waals surface area contributed by atoms with E-state index in [0.29, 0.717) is 12.1 Å². The Morgan fingerprint density at radius 1 is 1.23 bits per heavy atom. The molecule has 22 heavy (non-hydrogen) atoms. The first kappa shape index (κ1) is 14.6. The van der Waals surface area contributed by atoms with Gasteiger partial charge in [-0.3, -0.25) is 9.78 Å². The molecule has 1 aliphatic rings. The zero-order chi connectivity index (χ0) is 15.4. The lowest BCUT2D eigenvalue weighted by molar-refractivity contribution is 0.0926. The Kier molecular flexibility index (Phi) is 4.09. The van der Waals surface area contributed by atoms with Crippen LogP contribution < -0.4 is 10.1 Å². The summed E-state index contributed by atoms with van der Waals surface area (Å²) in [4.78, 5) is 16.2. The number of rotatable bonds is 5. The average molecular weight is 296 g/mol. The van der Waals surface area contributed by atoms with Crippen molar-refractivity contribution in [3.05, 3.63) is 59.9 Å². The maximum atomic E-state index is 12.2. The van der Waals surface area contributed by atoms with Gasteiger partial charge in [0.1, 0.15) is 5.75 Å². The predicted octanol–water partition coefficient (Wildman–Crippen LogP) is 2.94. The van der Waals surface area contributed by atoms with Gasteiger partial charge in [0.05, 0.1) is 7.11 Å². The van der Waals surface area contributed by atoms with Crippen LogP contribution in [0.1, 0.15) is 35.2 Å². The summed E-state index contributed by atoms with van der Waals surface area (Å²) in [7, 11) is 1.70. The zero-order valence-electron chi connectivity index (χ0n) is 12.7. The highest BCUT2D eigenvalue weighted by Gasteiger charge is 2.40. The summed E-state index contributed by atoms with van der Waals surface area (Å²) in [6, 6.07) is 11.6. The molecule has 1 aliphatic carbocycles. The fourth-order valence-corrected chi connectivity index (χ4v) is 3.08. The Labute approximate surface area is 130 Å². The molecule has 1 saturated carbocycles. The van der Waals surface area contributed by atoms with Gasteiger partial charge in [-0.1, -0.05) is 24.6 Å². The fraction of sp³-hybridized carbons (Fsp3) is 0.333. The summed E-state index contributed by atoms with van der Waals surface area (Å²) in [5.74, 6) is 0.851. The summed E-state index contributed by atoms with van der Waals surface area (Å²) < 4.78 is 5.50. The molecule has 0 radical (unpaired) electrons. The summed E-state index contributed by atoms with van der Waals surface area (Å²) in [5.41, 5.74) is 1.83. The molecule has 0 unspecified atom stereocenters. The van der Waals surface area contributed by atoms with E-state index in [1.165, 1.54) is 12.0 Å². The Morgan fingerprint density at radius 3 is 2.59 bits per heavy atom. The van der Waals surface area contributed by atoms with Gasteiger partial charge >= 0.3 is 0 Å². The Hall–Kier alpha value is -2.36. The third-order valence-electron chi connectivity index (χ3n) is 4.52. The van der Waals surface area contributed by atoms with E-state index >= 15 is 0 Å². The van der Waals surface area contributed by atoms with E-state index in [0.717, 1.165) is 18.6 Å². The first-order valence-electron chi connectivity index (χ1n) is 7.57. The summed E-state index contributed by atoms with van der Waals surface area (Å²) >= 11 is 0. The number of ether oxygens (including phenoxy) is 1. The molecule has 0 aliphatic heterocycles. The fourth-order valence-electron chi connectivity index (χ4n) is 3.08. The van der Waals surface area contributed by atoms with Crippen molar-refractivity contribution in [1.82, 2.24) is 10.3 Å². The molecular formula is C18H20N2O2. The molecule has 1 aromatic heterocycles. The van der Waals surface area contributed by atoms with E-state index in [1.54, 1.807) is 31.6 Å². The van der Waals surface area contributed by atoms with E-state index in [-0.39, 0.29) is 11.3 Å². The lowest BCUT2D eigenvalue weighted by atomic mass is 9.64. The van der Waals surface area contributed by atoms with Crippen molar-refractivity contribution in [1.29, 1.82) is 0 Å². The monoisotopic (exact) mass is 296 g/mol. The van der Waals surface area contributed by atoms with Crippen molar-refractivity contribution in [2.75, 3.05) is 13.7 Å². The second-order valence-electron chi connectivity index (χ2n) is 5.75. The van der Waals surface area contributed by atoms with Crippen molar-refractivity contribution in [2.45, 2.75) is 24.7 Å². The molecule has 0 saturated heterocycles. The molecule has 1 aromatic carbocycles. The largest absolute Gasteiger partial charge is 0.496 e. The number of methoxy groups -OCH3 is 1. The molecule has 114 valence electrons. The Morgan fingerprint density at radius 2 is 1.95 bits per heavy atom. The molecule has 0 bridgehead atoms. The Balaban J connectivity index is 1.76. The van der Waals surface area contributed by atoms with Gasteiger partial charge in [-0.25, -0.2) is 0 Å². The molecule has 4 nitrogen and oxygen atoms in total. The number of para-hydroxylation sites is 1. The predicted molar refractivity (Wildman–Crippen MR) is 85.1 cm³/mol. The van der Waals surface area contributed by atoms with Crippen LogP contribution in [-0.2, 0) is 5.41 Å². The van der Waals surface area contributed by atoms with Crippen LogP contribution in [0.15, 0.2) is 48.8 Å². The second kappa shape index (κ2) is 6.18. The highest BCUT2D eigenvalue weighted by molar-refractivity contribution is 5.94. The van der Waals surface area contributed by atoms with Gasteiger partial charge in [-0.15, -0.1) is 0 Å². The van der Waals surface area contributed by atoms with E-state index in [1.807, 2.05) is 18.2 Å². The lowest BCUT2D eigenvalue weighted by Gasteiger charge is -2.43. The maximum absolute atomic E-state index is 12.2. The smallest absolute Gasteiger partial charge is 0.251 e. The minimum Gasteiger partial charge on any atom is -0.496 e. The molecule has 0 atom stereocenters. The van der Waals surface area contributed by atoms with Crippen LogP contribution in [0.2, 0.25) is 0 Å². The number of nitrogens with zero attached hydrogens (tertiary/aromatic N) is 1. The van der Waals surface area contributed by atoms with E-state index in [4.69, 9.17) is 4.74 Å². The average Bonchev–Trinajstić information content (AvgIpc) is 2.55. The van der Waals surface area contributed by atoms with Gasteiger partial charge in [-0.05, 0) is 31.0 Å². The number of amides is 1. The summed E-state index contributed by atoms with van der Waals surface area (Å²) in [6.45, 7) is 0.633. The van der Waals surface area contributed by atoms with Gasteiger partial charge in [0.25, 0.3) is 5.91 Å². The molecule has 4 heteroatoms. The van der Waals surface area contributed by atoms with E-state index in [2.05, 4.69) is 16.4 Å². The van der Waals surface area contributed by atoms with Crippen molar-refractivity contribution < 1.29 is 9.53 Å². The van der Waals surface area contributed by atoms with Crippen LogP contribution >= 0.6 is 0 Å². The first-order valence-corrected chi connectivity index (χ1v) is 7.57. The Bertz CT molecular complexity index is 651. The molecule has 1 N–H and O–H groups in total. The third-order valence-corrected chi connectivity index (χ3v) is 4.52. The van der Waals surface area contributed by atoms with E-state index in [9.17, 15) is 4.79 Å². The molecular weight excluding hydrogens is 276 g/mol. The highest BCUT2D eigenvalue weighted by atomic mass is 16.5. The quantitative estimate of drug-likeness (QED) is 0.923. The minimum atomic E-state index is -0.0522. The second-order valence-corrected chi connectivity index (χ2v) is 5.75. The van der Waals surface area contributed by atoms with Gasteiger partial charge in [0.2, 0.25) is 0 Å². The highest BCUT2D eigenvalue weighted by Crippen LogP contribution is 2.46. The number of pyridine rings is 1. The first-order chi connectivity index (χ1) is 10.7. The van der Waals surface area contributed by atoms with Crippen molar-refractivity contribution in [3.63, 3.8) is 0 Å². The SMILES string of the molecule is COc1ccccc1C1(CNC(=O)c2ccncc2)CCC1. The zero-order valence-corrected chi connectivity index (χ0v) is 12.7. The number of nitrogens with one attached hydrogen (secondary N) is 1. The molecule has 1 heterocycles. The number of hydrogen-bond acceptors (Lipinski definition) is 3. The topological polar surface area (TPSA) is 51.2 Å². The van der Waals surface area contributed by atoms with Crippen molar-refractivity contribution >= 4 is 5.91 Å². The van der Waals surface area contributed by atoms with Gasteiger partial charge in [-0.2, -0.15) is 0 Å². The number of carbonyl (C=O) groups is 1. The van der Waals surface area contributed by atoms with Crippen LogP contribution in [-0.4, -0.2) is 24.5 Å². The van der Waals surface area contributed by atoms with Crippen LogP contribution in [0.25, 0.3) is 0 Å². The molecule has 3 rings (SSSR count). The standard InChI is InChI=1S/C18H20N2O2/c1-22-16-6-3-2-5-15(16)18(9-4-10-18)13-20-17(21)14-7-11-19-12-8-14/h2-3,5-8,11-12H,4,9-10,13H2,1H3,(H,20,21). The van der Waals surface area contributed by atoms with Crippen molar-refractivity contribution in [2.24, 2.45) is 0 Å². The third kappa shape index (κ3) is 2.69. The number of aromatic nitrogens is 1. The number of benzene rings is 1. The summed E-state index contributed by atoms with van der Waals surface area (Å²) in [5, 5.41) is 3.07. The summed E-state index contributed by atoms with van der Waals surface area (Å²) in [6.07, 6.45) is 6.60. The lowest BCUT2D eigenvalue weighted by Crippen LogP contribution is -2.45. The molecule has 1 fully saturated rings. The van der Waals surface area contributed by atoms with Gasteiger partial charge in [0, 0.05) is 35.5 Å². The van der Waals surface area contributed by atoms with E-state index < -0.39 is 0 Å². The normalized spacial score (nSPS) is 15.7. The van der Waals surface area contributed by atoms with Crippen LogP contribution in [0, 0.1) is 0 Å². The van der Waals surface area contributed by atoms with Crippen LogP contribution in [0.5, 0.6) is 5.75 Å². The van der Waals surface area contributed by atoms with Crippen molar-refractivity contribution in [3.8, 4) is 5.75 Å². The van der Waals surface area contributed by atoms with Gasteiger partial charge in [0.15, 0.2) is 0 Å². The van der Waals surface area contributed by atoms with Crippen LogP contribution in [0.3, 0.4) is 0 Å². The number of carbonyl (C=O) groups excluding carboxylic acids is 1. The number of hydrogen-bond donors (Lipinski definition) is 1. The molecule has 0 spiro atoms. The molecule has 1 amide bonds. The van der Waals surface area contributed by atoms with Crippen LogP contribution in [0.4, 0.5) is 0 Å². The maximum Gasteiger partial charge on any atom is 0.251 e. The minimum absolute atomic E-state index is 0.00467.